The Balaban J connectivity index is 0.000000236. The van der Waals surface area contributed by atoms with Crippen LogP contribution in [0.3, 0.4) is 0 Å². The number of halogens is 1. The summed E-state index contributed by atoms with van der Waals surface area (Å²) in [5.74, 6) is -0.0246. The summed E-state index contributed by atoms with van der Waals surface area (Å²) in [5, 5.41) is 1.02. The highest BCUT2D eigenvalue weighted by Gasteiger charge is 2.22. The van der Waals surface area contributed by atoms with E-state index in [4.69, 9.17) is 0 Å². The van der Waals surface area contributed by atoms with Crippen LogP contribution in [0.4, 0.5) is 4.39 Å². The fraction of sp³-hybridized carbons (Fsp3) is 0.286. The first-order valence-corrected chi connectivity index (χ1v) is 8.97. The molecule has 5 heteroatoms. The molecule has 4 nitrogen and oxygen atoms in total. The summed E-state index contributed by atoms with van der Waals surface area (Å²) in [7, 11) is 0. The highest BCUT2D eigenvalue weighted by molar-refractivity contribution is 6.06. The SMILES string of the molecule is CCN1CCN(C(=O)c2cccc3[nH]ccc23)CC1.Fc1ccccc1. The van der Waals surface area contributed by atoms with Crippen LogP contribution in [0.5, 0.6) is 0 Å². The van der Waals surface area contributed by atoms with E-state index in [9.17, 15) is 9.18 Å². The van der Waals surface area contributed by atoms with Crippen LogP contribution >= 0.6 is 0 Å². The van der Waals surface area contributed by atoms with E-state index in [2.05, 4.69) is 16.8 Å². The van der Waals surface area contributed by atoms with Gasteiger partial charge in [-0.05, 0) is 36.9 Å². The van der Waals surface area contributed by atoms with Crippen molar-refractivity contribution in [2.24, 2.45) is 0 Å². The molecule has 1 amide bonds. The topological polar surface area (TPSA) is 39.3 Å². The molecule has 2 heterocycles. The molecule has 2 aromatic carbocycles. The van der Waals surface area contributed by atoms with E-state index in [1.54, 1.807) is 18.2 Å². The molecule has 0 aliphatic carbocycles. The molecule has 1 aliphatic rings. The predicted molar refractivity (Wildman–Crippen MR) is 103 cm³/mol. The summed E-state index contributed by atoms with van der Waals surface area (Å²) >= 11 is 0. The first kappa shape index (κ1) is 18.1. The van der Waals surface area contributed by atoms with Crippen LogP contribution in [0.25, 0.3) is 10.9 Å². The first-order chi connectivity index (χ1) is 12.7. The van der Waals surface area contributed by atoms with Gasteiger partial charge in [0.1, 0.15) is 5.82 Å². The van der Waals surface area contributed by atoms with Crippen molar-refractivity contribution in [2.75, 3.05) is 32.7 Å². The minimum absolute atomic E-state index is 0.154. The van der Waals surface area contributed by atoms with E-state index in [0.29, 0.717) is 0 Å². The quantitative estimate of drug-likeness (QED) is 0.762. The standard InChI is InChI=1S/C15H19N3O.C6H5F/c1-2-17-8-10-18(11-9-17)15(19)13-4-3-5-14-12(13)6-7-16-14;7-6-4-2-1-3-5-6/h3-7,16H,2,8-11H2,1H3;1-5H. The average molecular weight is 353 g/mol. The molecule has 0 bridgehead atoms. The third kappa shape index (κ3) is 4.29. The third-order valence-corrected chi connectivity index (χ3v) is 4.67. The Morgan fingerprint density at radius 2 is 1.73 bits per heavy atom. The van der Waals surface area contributed by atoms with Crippen LogP contribution < -0.4 is 0 Å². The van der Waals surface area contributed by atoms with Crippen LogP contribution in [0.15, 0.2) is 60.8 Å². The fourth-order valence-corrected chi connectivity index (χ4v) is 3.12. The Labute approximate surface area is 153 Å². The molecule has 1 N–H and O–H groups in total. The van der Waals surface area contributed by atoms with Gasteiger partial charge in [0.25, 0.3) is 5.91 Å². The second-order valence-corrected chi connectivity index (χ2v) is 6.27. The monoisotopic (exact) mass is 353 g/mol. The van der Waals surface area contributed by atoms with Crippen molar-refractivity contribution < 1.29 is 9.18 Å². The van der Waals surface area contributed by atoms with Crippen LogP contribution in [0.1, 0.15) is 17.3 Å². The molecule has 1 aliphatic heterocycles. The van der Waals surface area contributed by atoms with Crippen LogP contribution in [-0.2, 0) is 0 Å². The maximum atomic E-state index is 12.6. The van der Waals surface area contributed by atoms with Crippen molar-refractivity contribution in [1.29, 1.82) is 0 Å². The maximum Gasteiger partial charge on any atom is 0.254 e. The first-order valence-electron chi connectivity index (χ1n) is 8.97. The van der Waals surface area contributed by atoms with Crippen molar-refractivity contribution in [3.05, 3.63) is 72.2 Å². The highest BCUT2D eigenvalue weighted by Crippen LogP contribution is 2.19. The lowest BCUT2D eigenvalue weighted by atomic mass is 10.1. The highest BCUT2D eigenvalue weighted by atomic mass is 19.1. The molecule has 1 saturated heterocycles. The van der Waals surface area contributed by atoms with Crippen molar-refractivity contribution in [1.82, 2.24) is 14.8 Å². The lowest BCUT2D eigenvalue weighted by Gasteiger charge is -2.34. The minimum atomic E-state index is -0.178. The van der Waals surface area contributed by atoms with E-state index in [-0.39, 0.29) is 11.7 Å². The van der Waals surface area contributed by atoms with Gasteiger partial charge in [-0.25, -0.2) is 4.39 Å². The lowest BCUT2D eigenvalue weighted by Crippen LogP contribution is -2.48. The molecule has 0 unspecified atom stereocenters. The number of likely N-dealkylation sites (N-methyl/N-ethyl adjacent to an activating group) is 1. The van der Waals surface area contributed by atoms with Crippen molar-refractivity contribution in [3.63, 3.8) is 0 Å². The van der Waals surface area contributed by atoms with Gasteiger partial charge in [-0.15, -0.1) is 0 Å². The van der Waals surface area contributed by atoms with E-state index in [1.165, 1.54) is 12.1 Å². The third-order valence-electron chi connectivity index (χ3n) is 4.67. The number of nitrogens with zero attached hydrogens (tertiary/aromatic N) is 2. The smallest absolute Gasteiger partial charge is 0.254 e. The number of fused-ring (bicyclic) bond motifs is 1. The number of rotatable bonds is 2. The Kier molecular flexibility index (Phi) is 6.02. The molecule has 3 aromatic rings. The van der Waals surface area contributed by atoms with Gasteiger partial charge >= 0.3 is 0 Å². The summed E-state index contributed by atoms with van der Waals surface area (Å²) < 4.78 is 11.9. The van der Waals surface area contributed by atoms with E-state index < -0.39 is 0 Å². The fourth-order valence-electron chi connectivity index (χ4n) is 3.12. The van der Waals surface area contributed by atoms with Gasteiger partial charge in [0.05, 0.1) is 0 Å². The van der Waals surface area contributed by atoms with Gasteiger partial charge in [-0.3, -0.25) is 4.79 Å². The Bertz CT molecular complexity index is 839. The lowest BCUT2D eigenvalue weighted by molar-refractivity contribution is 0.0645. The van der Waals surface area contributed by atoms with Crippen LogP contribution in [-0.4, -0.2) is 53.4 Å². The number of benzene rings is 2. The average Bonchev–Trinajstić information content (AvgIpc) is 3.17. The molecule has 26 heavy (non-hydrogen) atoms. The summed E-state index contributed by atoms with van der Waals surface area (Å²) in [5.41, 5.74) is 1.83. The molecule has 0 atom stereocenters. The minimum Gasteiger partial charge on any atom is -0.361 e. The van der Waals surface area contributed by atoms with E-state index in [1.807, 2.05) is 35.4 Å². The largest absolute Gasteiger partial charge is 0.361 e. The van der Waals surface area contributed by atoms with Crippen molar-refractivity contribution >= 4 is 16.8 Å². The Morgan fingerprint density at radius 3 is 2.35 bits per heavy atom. The van der Waals surface area contributed by atoms with Gasteiger partial charge in [-0.1, -0.05) is 31.2 Å². The van der Waals surface area contributed by atoms with Gasteiger partial charge in [0.15, 0.2) is 0 Å². The molecule has 1 fully saturated rings. The van der Waals surface area contributed by atoms with E-state index >= 15 is 0 Å². The summed E-state index contributed by atoms with van der Waals surface area (Å²) in [4.78, 5) is 20.1. The Morgan fingerprint density at radius 1 is 1.00 bits per heavy atom. The summed E-state index contributed by atoms with van der Waals surface area (Å²) in [6, 6.07) is 15.8. The zero-order chi connectivity index (χ0) is 18.4. The zero-order valence-electron chi connectivity index (χ0n) is 15.0. The molecule has 136 valence electrons. The zero-order valence-corrected chi connectivity index (χ0v) is 15.0. The number of carbonyl (C=O) groups is 1. The molecular weight excluding hydrogens is 329 g/mol. The second-order valence-electron chi connectivity index (χ2n) is 6.27. The van der Waals surface area contributed by atoms with E-state index in [0.717, 1.165) is 49.2 Å². The normalized spacial score (nSPS) is 14.8. The van der Waals surface area contributed by atoms with Crippen molar-refractivity contribution in [3.8, 4) is 0 Å². The number of carbonyl (C=O) groups excluding carboxylic acids is 1. The summed E-state index contributed by atoms with van der Waals surface area (Å²) in [6.45, 7) is 6.84. The predicted octanol–water partition coefficient (Wildman–Crippen LogP) is 3.77. The van der Waals surface area contributed by atoms with Gasteiger partial charge in [0, 0.05) is 48.8 Å². The number of amides is 1. The molecule has 0 spiro atoms. The van der Waals surface area contributed by atoms with Gasteiger partial charge < -0.3 is 14.8 Å². The number of piperazine rings is 1. The Hall–Kier alpha value is -2.66. The van der Waals surface area contributed by atoms with Gasteiger partial charge in [-0.2, -0.15) is 0 Å². The number of nitrogens with one attached hydrogen (secondary N) is 1. The molecule has 0 radical (unpaired) electrons. The summed E-state index contributed by atoms with van der Waals surface area (Å²) in [6.07, 6.45) is 1.89. The van der Waals surface area contributed by atoms with Crippen molar-refractivity contribution in [2.45, 2.75) is 6.92 Å². The number of aromatic amines is 1. The number of aromatic nitrogens is 1. The number of H-pyrrole nitrogens is 1. The van der Waals surface area contributed by atoms with Crippen LogP contribution in [0, 0.1) is 5.82 Å². The van der Waals surface area contributed by atoms with Gasteiger partial charge in [0.2, 0.25) is 0 Å². The maximum absolute atomic E-state index is 12.6. The molecular formula is C21H24FN3O. The molecule has 0 saturated carbocycles. The molecule has 1 aromatic heterocycles. The molecule has 4 rings (SSSR count). The number of hydrogen-bond donors (Lipinski definition) is 1. The number of hydrogen-bond acceptors (Lipinski definition) is 2. The van der Waals surface area contributed by atoms with Crippen LogP contribution in [0.2, 0.25) is 0 Å². The second kappa shape index (κ2) is 8.63.